The van der Waals surface area contributed by atoms with Crippen LogP contribution in [0.4, 0.5) is 0 Å². The second-order valence-electron chi connectivity index (χ2n) is 9.58. The number of aliphatic hydroxyl groups excluding tert-OH is 1. The Hall–Kier alpha value is -3.05. The second kappa shape index (κ2) is 11.6. The lowest BCUT2D eigenvalue weighted by atomic mass is 10.0. The molecular formula is C27H34N4O5S. The maximum Gasteiger partial charge on any atom is 0.247 e. The van der Waals surface area contributed by atoms with Gasteiger partial charge in [-0.3, -0.25) is 4.90 Å². The van der Waals surface area contributed by atoms with Crippen LogP contribution in [0.2, 0.25) is 0 Å². The molecule has 1 aliphatic heterocycles. The largest absolute Gasteiger partial charge is 0.497 e. The van der Waals surface area contributed by atoms with E-state index in [2.05, 4.69) is 14.9 Å². The maximum absolute atomic E-state index is 13.7. The smallest absolute Gasteiger partial charge is 0.247 e. The summed E-state index contributed by atoms with van der Waals surface area (Å²) in [5, 5.41) is 9.86. The minimum Gasteiger partial charge on any atom is -0.497 e. The Morgan fingerprint density at radius 2 is 1.92 bits per heavy atom. The third kappa shape index (κ3) is 6.10. The van der Waals surface area contributed by atoms with E-state index in [1.165, 1.54) is 10.6 Å². The fraction of sp³-hybridized carbons (Fsp3) is 0.407. The van der Waals surface area contributed by atoms with Crippen LogP contribution in [-0.2, 0) is 16.6 Å². The zero-order chi connectivity index (χ0) is 26.6. The topological polar surface area (TPSA) is 105 Å². The number of hydrogen-bond acceptors (Lipinski definition) is 8. The van der Waals surface area contributed by atoms with Crippen molar-refractivity contribution in [1.29, 1.82) is 0 Å². The van der Waals surface area contributed by atoms with Crippen LogP contribution in [-0.4, -0.2) is 78.7 Å². The van der Waals surface area contributed by atoms with E-state index >= 15 is 0 Å². The van der Waals surface area contributed by atoms with Crippen molar-refractivity contribution in [3.05, 3.63) is 66.7 Å². The molecule has 3 atom stereocenters. The van der Waals surface area contributed by atoms with Crippen molar-refractivity contribution in [3.8, 4) is 22.6 Å². The van der Waals surface area contributed by atoms with Crippen molar-refractivity contribution in [2.75, 3.05) is 33.9 Å². The van der Waals surface area contributed by atoms with Gasteiger partial charge in [0.15, 0.2) is 0 Å². The molecule has 0 fully saturated rings. The lowest BCUT2D eigenvalue weighted by Gasteiger charge is -2.37. The van der Waals surface area contributed by atoms with Crippen molar-refractivity contribution in [1.82, 2.24) is 19.2 Å². The van der Waals surface area contributed by atoms with E-state index < -0.39 is 16.1 Å². The Morgan fingerprint density at radius 1 is 1.19 bits per heavy atom. The first kappa shape index (κ1) is 27.0. The number of sulfonamides is 1. The summed E-state index contributed by atoms with van der Waals surface area (Å²) in [6.45, 7) is 4.83. The molecule has 2 heterocycles. The van der Waals surface area contributed by atoms with Crippen LogP contribution in [0, 0.1) is 5.92 Å². The van der Waals surface area contributed by atoms with Crippen LogP contribution in [0.3, 0.4) is 0 Å². The number of likely N-dealkylation sites (N-methyl/N-ethyl adjacent to an activating group) is 1. The van der Waals surface area contributed by atoms with E-state index in [1.54, 1.807) is 44.6 Å². The number of methoxy groups -OCH3 is 1. The highest BCUT2D eigenvalue weighted by molar-refractivity contribution is 7.89. The second-order valence-corrected chi connectivity index (χ2v) is 11.4. The summed E-state index contributed by atoms with van der Waals surface area (Å²) in [6, 6.07) is 12.2. The number of ether oxygens (including phenoxy) is 2. The number of aliphatic hydroxyl groups is 1. The van der Waals surface area contributed by atoms with Crippen LogP contribution < -0.4 is 9.47 Å². The number of aromatic nitrogens is 2. The van der Waals surface area contributed by atoms with E-state index in [-0.39, 0.29) is 30.1 Å². The molecule has 10 heteroatoms. The van der Waals surface area contributed by atoms with Gasteiger partial charge >= 0.3 is 0 Å². The fourth-order valence-corrected chi connectivity index (χ4v) is 6.35. The van der Waals surface area contributed by atoms with Crippen LogP contribution in [0.5, 0.6) is 11.5 Å². The Balaban J connectivity index is 1.73. The van der Waals surface area contributed by atoms with Gasteiger partial charge in [0.1, 0.15) is 28.8 Å². The molecule has 0 radical (unpaired) electrons. The highest BCUT2D eigenvalue weighted by atomic mass is 32.2. The zero-order valence-corrected chi connectivity index (χ0v) is 22.4. The predicted octanol–water partition coefficient (Wildman–Crippen LogP) is 3.05. The van der Waals surface area contributed by atoms with Gasteiger partial charge in [-0.15, -0.1) is 0 Å². The lowest BCUT2D eigenvalue weighted by molar-refractivity contribution is 0.0733. The van der Waals surface area contributed by atoms with E-state index in [0.717, 1.165) is 16.7 Å². The van der Waals surface area contributed by atoms with E-state index in [9.17, 15) is 13.5 Å². The summed E-state index contributed by atoms with van der Waals surface area (Å²) < 4.78 is 40.7. The molecule has 0 unspecified atom stereocenters. The lowest BCUT2D eigenvalue weighted by Crippen LogP contribution is -2.49. The van der Waals surface area contributed by atoms with Gasteiger partial charge in [0.2, 0.25) is 10.0 Å². The molecule has 9 nitrogen and oxygen atoms in total. The standard InChI is InChI=1S/C27H34N4O5S/c1-19-14-31(20(2)17-32)37(33,34)27-9-8-23(22-6-5-7-24(10-22)35-4)11-25(27)36-26(19)16-30(3)15-21-12-28-18-29-13-21/h5-13,18-20,26,32H,14-17H2,1-4H3/t19-,20-,26-/m0/s1. The van der Waals surface area contributed by atoms with Crippen molar-refractivity contribution in [2.45, 2.75) is 37.4 Å². The molecule has 1 N–H and O–H groups in total. The Labute approximate surface area is 218 Å². The van der Waals surface area contributed by atoms with Gasteiger partial charge in [-0.25, -0.2) is 18.4 Å². The molecule has 37 heavy (non-hydrogen) atoms. The molecule has 1 aliphatic rings. The third-order valence-corrected chi connectivity index (χ3v) is 8.65. The fourth-order valence-electron chi connectivity index (χ4n) is 4.52. The number of hydrogen-bond donors (Lipinski definition) is 1. The average molecular weight is 527 g/mol. The maximum atomic E-state index is 13.7. The normalized spacial score (nSPS) is 20.4. The minimum absolute atomic E-state index is 0.0930. The molecule has 0 aliphatic carbocycles. The predicted molar refractivity (Wildman–Crippen MR) is 141 cm³/mol. The first-order chi connectivity index (χ1) is 17.7. The summed E-state index contributed by atoms with van der Waals surface area (Å²) in [5.74, 6) is 0.856. The molecule has 1 aromatic heterocycles. The van der Waals surface area contributed by atoms with Gasteiger partial charge in [0, 0.05) is 49.6 Å². The molecule has 0 saturated heterocycles. The van der Waals surface area contributed by atoms with Gasteiger partial charge in [-0.2, -0.15) is 4.31 Å². The molecule has 0 bridgehead atoms. The van der Waals surface area contributed by atoms with Gasteiger partial charge in [-0.05, 0) is 49.4 Å². The first-order valence-electron chi connectivity index (χ1n) is 12.2. The quantitative estimate of drug-likeness (QED) is 0.478. The molecule has 0 saturated carbocycles. The molecule has 0 amide bonds. The summed E-state index contributed by atoms with van der Waals surface area (Å²) in [5.41, 5.74) is 2.68. The van der Waals surface area contributed by atoms with E-state index in [1.807, 2.05) is 38.2 Å². The van der Waals surface area contributed by atoms with E-state index in [0.29, 0.717) is 24.6 Å². The Bertz CT molecular complexity index is 1310. The van der Waals surface area contributed by atoms with Crippen LogP contribution in [0.1, 0.15) is 19.4 Å². The van der Waals surface area contributed by atoms with E-state index in [4.69, 9.17) is 9.47 Å². The van der Waals surface area contributed by atoms with Crippen molar-refractivity contribution >= 4 is 10.0 Å². The molecule has 4 rings (SSSR count). The molecule has 2 aromatic carbocycles. The Morgan fingerprint density at radius 3 is 2.62 bits per heavy atom. The minimum atomic E-state index is -3.91. The van der Waals surface area contributed by atoms with Crippen LogP contribution in [0.15, 0.2) is 66.1 Å². The highest BCUT2D eigenvalue weighted by Gasteiger charge is 2.38. The number of benzene rings is 2. The van der Waals surface area contributed by atoms with Crippen molar-refractivity contribution in [3.63, 3.8) is 0 Å². The first-order valence-corrected chi connectivity index (χ1v) is 13.7. The molecule has 198 valence electrons. The zero-order valence-electron chi connectivity index (χ0n) is 21.6. The molecule has 3 aromatic rings. The van der Waals surface area contributed by atoms with Gasteiger partial charge < -0.3 is 14.6 Å². The Kier molecular flexibility index (Phi) is 8.43. The average Bonchev–Trinajstić information content (AvgIpc) is 2.90. The van der Waals surface area contributed by atoms with Crippen molar-refractivity contribution in [2.24, 2.45) is 5.92 Å². The summed E-state index contributed by atoms with van der Waals surface area (Å²) in [7, 11) is -0.312. The monoisotopic (exact) mass is 526 g/mol. The highest BCUT2D eigenvalue weighted by Crippen LogP contribution is 2.37. The van der Waals surface area contributed by atoms with Crippen LogP contribution >= 0.6 is 0 Å². The van der Waals surface area contributed by atoms with Gasteiger partial charge in [-0.1, -0.05) is 25.1 Å². The number of rotatable bonds is 8. The van der Waals surface area contributed by atoms with Crippen molar-refractivity contribution < 1.29 is 23.0 Å². The molecule has 0 spiro atoms. The summed E-state index contributed by atoms with van der Waals surface area (Å²) in [4.78, 5) is 10.4. The van der Waals surface area contributed by atoms with Gasteiger partial charge in [0.05, 0.1) is 13.7 Å². The summed E-state index contributed by atoms with van der Waals surface area (Å²) >= 11 is 0. The summed E-state index contributed by atoms with van der Waals surface area (Å²) in [6.07, 6.45) is 4.74. The number of nitrogens with zero attached hydrogens (tertiary/aromatic N) is 4. The van der Waals surface area contributed by atoms with Gasteiger partial charge in [0.25, 0.3) is 0 Å². The molecular weight excluding hydrogens is 492 g/mol. The SMILES string of the molecule is COc1cccc(-c2ccc3c(c2)O[C@@H](CN(C)Cc2cncnc2)[C@@H](C)CN([C@@H](C)CO)S3(=O)=O)c1. The van der Waals surface area contributed by atoms with Crippen LogP contribution in [0.25, 0.3) is 11.1 Å². The number of fused-ring (bicyclic) bond motifs is 1. The third-order valence-electron chi connectivity index (χ3n) is 6.63.